The zero-order valence-electron chi connectivity index (χ0n) is 19.7. The van der Waals surface area contributed by atoms with Gasteiger partial charge in [-0.3, -0.25) is 4.90 Å². The van der Waals surface area contributed by atoms with Crippen molar-refractivity contribution < 1.29 is 9.90 Å². The van der Waals surface area contributed by atoms with E-state index in [-0.39, 0.29) is 12.1 Å². The molecule has 2 aliphatic rings. The van der Waals surface area contributed by atoms with Crippen LogP contribution in [0.4, 0.5) is 4.79 Å². The first-order chi connectivity index (χ1) is 14.9. The fourth-order valence-corrected chi connectivity index (χ4v) is 5.83. The number of hydrogen-bond acceptors (Lipinski definition) is 3. The molecule has 1 aromatic carbocycles. The fraction of sp³-hybridized carbons (Fsp3) is 0.640. The van der Waals surface area contributed by atoms with Crippen molar-refractivity contribution in [2.45, 2.75) is 78.0 Å². The molecule has 170 valence electrons. The molecule has 1 saturated heterocycles. The predicted molar refractivity (Wildman–Crippen MR) is 126 cm³/mol. The van der Waals surface area contributed by atoms with E-state index in [1.807, 2.05) is 25.7 Å². The van der Waals surface area contributed by atoms with Crippen molar-refractivity contribution in [2.24, 2.45) is 0 Å². The number of carbonyl (C=O) groups excluding carboxylic acids is 1. The van der Waals surface area contributed by atoms with E-state index in [1.165, 1.54) is 22.2 Å². The highest BCUT2D eigenvalue weighted by Gasteiger charge is 2.42. The Morgan fingerprint density at radius 3 is 2.71 bits per heavy atom. The zero-order valence-corrected chi connectivity index (χ0v) is 19.7. The number of aromatic amines is 1. The molecular formula is C25H38N4O2. The Morgan fingerprint density at radius 2 is 2.06 bits per heavy atom. The number of nitrogens with zero attached hydrogens (tertiary/aromatic N) is 2. The standard InChI is InChI=1S/C25H38N4O2/c1-6-9-29-14-18(27-25(31)28(7-2)8-3)12-20-21-10-17(16(5)30)11-22-24(21)19(13-23(20)29)15(4)26-22/h10-11,16,18,20,23,26,30H,6-9,12-14H2,1-5H3,(H,27,31)/t16?,18-,20+,23+/m0/s1. The molecule has 6 heteroatoms. The summed E-state index contributed by atoms with van der Waals surface area (Å²) in [4.78, 5) is 20.8. The number of carbonyl (C=O) groups is 1. The van der Waals surface area contributed by atoms with Gasteiger partial charge in [0, 0.05) is 54.2 Å². The Kier molecular flexibility index (Phi) is 6.31. The summed E-state index contributed by atoms with van der Waals surface area (Å²) in [5.41, 5.74) is 6.11. The second-order valence-corrected chi connectivity index (χ2v) is 9.36. The molecule has 6 nitrogen and oxygen atoms in total. The number of aryl methyl sites for hydroxylation is 1. The summed E-state index contributed by atoms with van der Waals surface area (Å²) in [7, 11) is 0. The van der Waals surface area contributed by atoms with E-state index in [1.54, 1.807) is 0 Å². The van der Waals surface area contributed by atoms with E-state index in [2.05, 4.69) is 41.2 Å². The van der Waals surface area contributed by atoms with Crippen molar-refractivity contribution in [3.8, 4) is 0 Å². The maximum atomic E-state index is 12.8. The lowest BCUT2D eigenvalue weighted by atomic mass is 9.72. The number of fused-ring (bicyclic) bond motifs is 2. The molecule has 4 rings (SSSR count). The number of benzene rings is 1. The topological polar surface area (TPSA) is 71.6 Å². The van der Waals surface area contributed by atoms with Gasteiger partial charge in [0.2, 0.25) is 0 Å². The lowest BCUT2D eigenvalue weighted by Gasteiger charge is -2.47. The SMILES string of the molecule is CCCN1C[C@@H](NC(=O)N(CC)CC)C[C@@H]2c3cc(C(C)O)cc4[nH]c(C)c(c34)C[C@H]21. The number of H-pyrrole nitrogens is 1. The van der Waals surface area contributed by atoms with Gasteiger partial charge in [-0.05, 0) is 76.3 Å². The number of rotatable bonds is 6. The maximum absolute atomic E-state index is 12.8. The molecule has 1 aromatic heterocycles. The molecule has 1 fully saturated rings. The van der Waals surface area contributed by atoms with Gasteiger partial charge in [0.05, 0.1) is 6.10 Å². The summed E-state index contributed by atoms with van der Waals surface area (Å²) in [6.45, 7) is 13.7. The summed E-state index contributed by atoms with van der Waals surface area (Å²) in [5, 5.41) is 15.0. The molecule has 0 radical (unpaired) electrons. The molecule has 2 heterocycles. The highest BCUT2D eigenvalue weighted by Crippen LogP contribution is 2.45. The summed E-state index contributed by atoms with van der Waals surface area (Å²) >= 11 is 0. The van der Waals surface area contributed by atoms with Gasteiger partial charge in [0.15, 0.2) is 0 Å². The van der Waals surface area contributed by atoms with Crippen molar-refractivity contribution in [3.63, 3.8) is 0 Å². The molecule has 1 aliphatic heterocycles. The third kappa shape index (κ3) is 3.96. The Bertz CT molecular complexity index is 947. The highest BCUT2D eigenvalue weighted by molar-refractivity contribution is 5.90. The van der Waals surface area contributed by atoms with Gasteiger partial charge in [-0.1, -0.05) is 13.0 Å². The first-order valence-electron chi connectivity index (χ1n) is 12.0. The Hall–Kier alpha value is -2.05. The fourth-order valence-electron chi connectivity index (χ4n) is 5.83. The number of piperidine rings is 1. The third-order valence-electron chi connectivity index (χ3n) is 7.38. The van der Waals surface area contributed by atoms with Crippen LogP contribution in [-0.2, 0) is 6.42 Å². The number of aliphatic hydroxyl groups excluding tert-OH is 1. The summed E-state index contributed by atoms with van der Waals surface area (Å²) in [6, 6.07) is 4.94. The monoisotopic (exact) mass is 426 g/mol. The number of likely N-dealkylation sites (tertiary alicyclic amines) is 1. The Morgan fingerprint density at radius 1 is 1.32 bits per heavy atom. The van der Waals surface area contributed by atoms with Crippen molar-refractivity contribution in [1.82, 2.24) is 20.1 Å². The van der Waals surface area contributed by atoms with Crippen LogP contribution < -0.4 is 5.32 Å². The van der Waals surface area contributed by atoms with Crippen LogP contribution in [-0.4, -0.2) is 64.2 Å². The Balaban J connectivity index is 1.73. The number of aromatic nitrogens is 1. The zero-order chi connectivity index (χ0) is 22.3. The minimum atomic E-state index is -0.499. The third-order valence-corrected chi connectivity index (χ3v) is 7.38. The van der Waals surface area contributed by atoms with Gasteiger partial charge in [0.1, 0.15) is 0 Å². The number of aliphatic hydroxyl groups is 1. The molecule has 31 heavy (non-hydrogen) atoms. The minimum Gasteiger partial charge on any atom is -0.389 e. The first-order valence-corrected chi connectivity index (χ1v) is 12.0. The van der Waals surface area contributed by atoms with Crippen LogP contribution in [0.15, 0.2) is 12.1 Å². The van der Waals surface area contributed by atoms with Crippen molar-refractivity contribution in [3.05, 3.63) is 34.5 Å². The summed E-state index contributed by atoms with van der Waals surface area (Å²) in [5.74, 6) is 0.353. The van der Waals surface area contributed by atoms with Gasteiger partial charge >= 0.3 is 6.03 Å². The molecule has 1 unspecified atom stereocenters. The van der Waals surface area contributed by atoms with Gasteiger partial charge in [-0.2, -0.15) is 0 Å². The second kappa shape index (κ2) is 8.83. The van der Waals surface area contributed by atoms with Gasteiger partial charge < -0.3 is 20.3 Å². The van der Waals surface area contributed by atoms with E-state index >= 15 is 0 Å². The van der Waals surface area contributed by atoms with Gasteiger partial charge in [-0.25, -0.2) is 4.79 Å². The van der Waals surface area contributed by atoms with E-state index in [4.69, 9.17) is 0 Å². The van der Waals surface area contributed by atoms with E-state index < -0.39 is 6.10 Å². The quantitative estimate of drug-likeness (QED) is 0.652. The van der Waals surface area contributed by atoms with Crippen LogP contribution in [0, 0.1) is 6.92 Å². The molecule has 0 spiro atoms. The van der Waals surface area contributed by atoms with Crippen LogP contribution in [0.2, 0.25) is 0 Å². The lowest BCUT2D eigenvalue weighted by Crippen LogP contribution is -2.58. The number of amides is 2. The largest absolute Gasteiger partial charge is 0.389 e. The maximum Gasteiger partial charge on any atom is 0.317 e. The van der Waals surface area contributed by atoms with E-state index in [0.717, 1.165) is 56.5 Å². The van der Waals surface area contributed by atoms with Crippen molar-refractivity contribution in [2.75, 3.05) is 26.2 Å². The average Bonchev–Trinajstić information content (AvgIpc) is 3.05. The lowest BCUT2D eigenvalue weighted by molar-refractivity contribution is 0.0977. The van der Waals surface area contributed by atoms with Crippen LogP contribution in [0.25, 0.3) is 10.9 Å². The highest BCUT2D eigenvalue weighted by atomic mass is 16.3. The smallest absolute Gasteiger partial charge is 0.317 e. The van der Waals surface area contributed by atoms with Crippen LogP contribution in [0.5, 0.6) is 0 Å². The van der Waals surface area contributed by atoms with Crippen LogP contribution >= 0.6 is 0 Å². The van der Waals surface area contributed by atoms with Crippen LogP contribution in [0.1, 0.15) is 74.9 Å². The van der Waals surface area contributed by atoms with Gasteiger partial charge in [0.25, 0.3) is 0 Å². The summed E-state index contributed by atoms with van der Waals surface area (Å²) in [6.07, 6.45) is 2.59. The molecule has 0 saturated carbocycles. The molecule has 1 aliphatic carbocycles. The molecule has 4 atom stereocenters. The molecule has 2 aromatic rings. The van der Waals surface area contributed by atoms with Crippen molar-refractivity contribution in [1.29, 1.82) is 0 Å². The number of nitrogens with one attached hydrogen (secondary N) is 2. The second-order valence-electron chi connectivity index (χ2n) is 9.36. The minimum absolute atomic E-state index is 0.0433. The van der Waals surface area contributed by atoms with Crippen LogP contribution in [0.3, 0.4) is 0 Å². The van der Waals surface area contributed by atoms with E-state index in [9.17, 15) is 9.90 Å². The molecule has 3 N–H and O–H groups in total. The number of hydrogen-bond donors (Lipinski definition) is 3. The van der Waals surface area contributed by atoms with Gasteiger partial charge in [-0.15, -0.1) is 0 Å². The normalized spacial score (nSPS) is 24.1. The van der Waals surface area contributed by atoms with E-state index in [0.29, 0.717) is 12.0 Å². The predicted octanol–water partition coefficient (Wildman–Crippen LogP) is 4.07. The van der Waals surface area contributed by atoms with Crippen molar-refractivity contribution >= 4 is 16.9 Å². The Labute approximate surface area is 186 Å². The molecule has 2 amide bonds. The molecular weight excluding hydrogens is 388 g/mol. The summed E-state index contributed by atoms with van der Waals surface area (Å²) < 4.78 is 0. The molecule has 0 bridgehead atoms. The number of urea groups is 1. The average molecular weight is 427 g/mol. The first kappa shape index (κ1) is 22.2.